The van der Waals surface area contributed by atoms with E-state index in [-0.39, 0.29) is 30.8 Å². The van der Waals surface area contributed by atoms with Crippen molar-refractivity contribution in [3.8, 4) is 0 Å². The molecule has 2 amide bonds. The van der Waals surface area contributed by atoms with Crippen molar-refractivity contribution in [1.82, 2.24) is 19.3 Å². The molecule has 0 aliphatic rings. The number of halogens is 2. The van der Waals surface area contributed by atoms with Crippen LogP contribution in [-0.2, 0) is 33.3 Å². The summed E-state index contributed by atoms with van der Waals surface area (Å²) in [4.78, 5) is 76.0. The van der Waals surface area contributed by atoms with Crippen LogP contribution in [0.25, 0.3) is 0 Å². The van der Waals surface area contributed by atoms with Gasteiger partial charge in [-0.2, -0.15) is 0 Å². The van der Waals surface area contributed by atoms with Gasteiger partial charge in [-0.3, -0.25) is 14.4 Å². The number of carbonyl (C=O) groups excluding carboxylic acids is 6. The molecule has 0 aliphatic carbocycles. The molecule has 2 heterocycles. The molecule has 0 aliphatic heterocycles. The highest BCUT2D eigenvalue weighted by atomic mass is 79.9. The monoisotopic (exact) mass is 796 g/mol. The lowest BCUT2D eigenvalue weighted by molar-refractivity contribution is -0.142. The fourth-order valence-corrected chi connectivity index (χ4v) is 3.54. The second kappa shape index (κ2) is 20.3. The Morgan fingerprint density at radius 2 is 1.11 bits per heavy atom. The second-order valence-electron chi connectivity index (χ2n) is 10.8. The van der Waals surface area contributed by atoms with Crippen LogP contribution in [-0.4, -0.2) is 86.2 Å². The number of amides is 2. The fraction of sp³-hybridized carbons (Fsp3) is 0.571. The van der Waals surface area contributed by atoms with Crippen LogP contribution in [0.15, 0.2) is 21.6 Å². The van der Waals surface area contributed by atoms with E-state index in [0.29, 0.717) is 15.8 Å². The third-order valence-electron chi connectivity index (χ3n) is 4.31. The standard InChI is InChI=1S/C13H18BrN3O5.C11H16BrN3O4.C4H8O2/c1-5-21-10(19)6-8(18)11-15-7-9(14)17(11)16-12(20)22-13(2,3)4;1-5-18-9(16)8-13-6-7(12)15(8)14-10(17)19-11(2,3)4;1-3-6-4(2)5/h7H,5-6H2,1-4H3,(H,16,20);6H,5H2,1-4H3,(H,14,17);3H2,1-2H3. The van der Waals surface area contributed by atoms with Gasteiger partial charge in [-0.15, -0.1) is 0 Å². The van der Waals surface area contributed by atoms with Gasteiger partial charge in [-0.05, 0) is 94.2 Å². The summed E-state index contributed by atoms with van der Waals surface area (Å²) < 4.78 is 27.1. The van der Waals surface area contributed by atoms with Gasteiger partial charge in [0.15, 0.2) is 5.82 Å². The Balaban J connectivity index is 0.000000773. The molecule has 0 saturated carbocycles. The smallest absolute Gasteiger partial charge is 0.427 e. The molecule has 264 valence electrons. The first-order valence-electron chi connectivity index (χ1n) is 14.1. The summed E-state index contributed by atoms with van der Waals surface area (Å²) >= 11 is 6.32. The van der Waals surface area contributed by atoms with E-state index >= 15 is 0 Å². The molecule has 0 fully saturated rings. The number of Topliss-reactive ketones (excluding diaryl/α,β-unsaturated/α-hetero) is 1. The van der Waals surface area contributed by atoms with Crippen LogP contribution in [0.5, 0.6) is 0 Å². The van der Waals surface area contributed by atoms with Crippen molar-refractivity contribution in [2.24, 2.45) is 0 Å². The van der Waals surface area contributed by atoms with Crippen LogP contribution >= 0.6 is 31.9 Å². The second-order valence-corrected chi connectivity index (χ2v) is 12.4. The molecule has 2 aromatic heterocycles. The van der Waals surface area contributed by atoms with Crippen LogP contribution in [0, 0.1) is 0 Å². The van der Waals surface area contributed by atoms with E-state index in [0.717, 1.165) is 9.35 Å². The van der Waals surface area contributed by atoms with Crippen molar-refractivity contribution in [2.45, 2.75) is 86.9 Å². The summed E-state index contributed by atoms with van der Waals surface area (Å²) in [5.74, 6) is -2.23. The first-order valence-corrected chi connectivity index (χ1v) is 15.7. The Labute approximate surface area is 289 Å². The minimum atomic E-state index is -0.753. The summed E-state index contributed by atoms with van der Waals surface area (Å²) in [5, 5.41) is 0. The average molecular weight is 798 g/mol. The Bertz CT molecular complexity index is 1380. The maximum absolute atomic E-state index is 12.0. The minimum absolute atomic E-state index is 0.0421. The van der Waals surface area contributed by atoms with E-state index in [1.54, 1.807) is 62.3 Å². The first-order chi connectivity index (χ1) is 21.6. The molecule has 0 unspecified atom stereocenters. The van der Waals surface area contributed by atoms with Crippen molar-refractivity contribution in [1.29, 1.82) is 0 Å². The SMILES string of the molecule is CCOC(=O)CC(=O)c1ncc(Br)n1NC(=O)OC(C)(C)C.CCOC(=O)c1ncc(Br)n1NC(=O)OC(C)(C)C.CCOC(C)=O. The normalized spacial score (nSPS) is 10.6. The molecule has 0 saturated heterocycles. The van der Waals surface area contributed by atoms with Crippen molar-refractivity contribution in [3.63, 3.8) is 0 Å². The molecule has 2 aromatic rings. The maximum Gasteiger partial charge on any atom is 0.427 e. The van der Waals surface area contributed by atoms with Gasteiger partial charge in [0.05, 0.1) is 32.2 Å². The van der Waals surface area contributed by atoms with Gasteiger partial charge >= 0.3 is 30.1 Å². The van der Waals surface area contributed by atoms with Crippen molar-refractivity contribution in [2.75, 3.05) is 30.7 Å². The van der Waals surface area contributed by atoms with Crippen LogP contribution in [0.3, 0.4) is 0 Å². The third-order valence-corrected chi connectivity index (χ3v) is 5.43. The van der Waals surface area contributed by atoms with Gasteiger partial charge < -0.3 is 23.7 Å². The molecule has 0 radical (unpaired) electrons. The predicted octanol–water partition coefficient (Wildman–Crippen LogP) is 5.13. The molecule has 2 rings (SSSR count). The Kier molecular flexibility index (Phi) is 18.6. The van der Waals surface area contributed by atoms with Gasteiger partial charge in [0.25, 0.3) is 0 Å². The van der Waals surface area contributed by atoms with Gasteiger partial charge in [0.1, 0.15) is 26.8 Å². The zero-order valence-electron chi connectivity index (χ0n) is 28.0. The molecule has 19 heteroatoms. The number of rotatable bonds is 9. The summed E-state index contributed by atoms with van der Waals surface area (Å²) in [5.41, 5.74) is 3.45. The number of esters is 3. The summed E-state index contributed by atoms with van der Waals surface area (Å²) in [6.07, 6.45) is 0.792. The average Bonchev–Trinajstić information content (AvgIpc) is 3.44. The number of hydrogen-bond acceptors (Lipinski definition) is 13. The Morgan fingerprint density at radius 1 is 0.702 bits per heavy atom. The Morgan fingerprint density at radius 3 is 1.47 bits per heavy atom. The van der Waals surface area contributed by atoms with E-state index in [4.69, 9.17) is 18.9 Å². The quantitative estimate of drug-likeness (QED) is 0.146. The molecule has 47 heavy (non-hydrogen) atoms. The number of aromatic nitrogens is 4. The van der Waals surface area contributed by atoms with Gasteiger partial charge in [0, 0.05) is 6.92 Å². The lowest BCUT2D eigenvalue weighted by Crippen LogP contribution is -2.33. The van der Waals surface area contributed by atoms with Crippen molar-refractivity contribution in [3.05, 3.63) is 33.2 Å². The lowest BCUT2D eigenvalue weighted by Gasteiger charge is -2.20. The third kappa shape index (κ3) is 18.1. The van der Waals surface area contributed by atoms with E-state index < -0.39 is 47.5 Å². The van der Waals surface area contributed by atoms with E-state index in [9.17, 15) is 28.8 Å². The molecule has 0 atom stereocenters. The first kappa shape index (κ1) is 43.0. The number of carbonyl (C=O) groups is 6. The predicted molar refractivity (Wildman–Crippen MR) is 175 cm³/mol. The van der Waals surface area contributed by atoms with Crippen molar-refractivity contribution < 1.29 is 52.5 Å². The highest BCUT2D eigenvalue weighted by Gasteiger charge is 2.24. The minimum Gasteiger partial charge on any atom is -0.466 e. The highest BCUT2D eigenvalue weighted by molar-refractivity contribution is 9.10. The summed E-state index contributed by atoms with van der Waals surface area (Å²) in [6.45, 7) is 17.7. The van der Waals surface area contributed by atoms with Crippen molar-refractivity contribution >= 4 is 67.7 Å². The maximum atomic E-state index is 12.0. The zero-order chi connectivity index (χ0) is 36.5. The number of ether oxygens (including phenoxy) is 5. The van der Waals surface area contributed by atoms with Crippen LogP contribution in [0.1, 0.15) is 96.9 Å². The van der Waals surface area contributed by atoms with Crippen LogP contribution in [0.4, 0.5) is 9.59 Å². The molecular formula is C28H42Br2N6O11. The molecule has 17 nitrogen and oxygen atoms in total. The molecule has 0 bridgehead atoms. The van der Waals surface area contributed by atoms with Crippen LogP contribution < -0.4 is 10.9 Å². The zero-order valence-corrected chi connectivity index (χ0v) is 31.2. The highest BCUT2D eigenvalue weighted by Crippen LogP contribution is 2.15. The Hall–Kier alpha value is -4.00. The number of nitrogens with zero attached hydrogens (tertiary/aromatic N) is 4. The summed E-state index contributed by atoms with van der Waals surface area (Å²) in [6, 6.07) is 0. The van der Waals surface area contributed by atoms with Gasteiger partial charge in [0.2, 0.25) is 11.6 Å². The summed E-state index contributed by atoms with van der Waals surface area (Å²) in [7, 11) is 0. The largest absolute Gasteiger partial charge is 0.466 e. The topological polar surface area (TPSA) is 208 Å². The lowest BCUT2D eigenvalue weighted by atomic mass is 10.2. The van der Waals surface area contributed by atoms with E-state index in [1.165, 1.54) is 19.3 Å². The molecule has 0 aromatic carbocycles. The number of nitrogens with one attached hydrogen (secondary N) is 2. The molecule has 2 N–H and O–H groups in total. The molecular weight excluding hydrogens is 756 g/mol. The molecule has 0 spiro atoms. The number of imidazole rings is 2. The number of hydrogen-bond donors (Lipinski definition) is 2. The van der Waals surface area contributed by atoms with Gasteiger partial charge in [-0.25, -0.2) is 44.6 Å². The van der Waals surface area contributed by atoms with Crippen LogP contribution in [0.2, 0.25) is 0 Å². The fourth-order valence-electron chi connectivity index (χ4n) is 2.82. The van der Waals surface area contributed by atoms with Gasteiger partial charge in [-0.1, -0.05) is 0 Å². The van der Waals surface area contributed by atoms with E-state index in [1.807, 2.05) is 0 Å². The van der Waals surface area contributed by atoms with E-state index in [2.05, 4.69) is 57.4 Å². The number of ketones is 1.